The lowest BCUT2D eigenvalue weighted by molar-refractivity contribution is -0.137. The molecule has 0 spiro atoms. The number of anilines is 1. The molecule has 1 aromatic carbocycles. The molecule has 7 heteroatoms. The Kier molecular flexibility index (Phi) is 4.76. The molecule has 1 aliphatic heterocycles. The number of carbonyl (C=O) groups is 1. The molecule has 2 aromatic rings. The number of nitrogens with one attached hydrogen (secondary N) is 2. The van der Waals surface area contributed by atoms with Crippen molar-refractivity contribution in [2.45, 2.75) is 25.4 Å². The summed E-state index contributed by atoms with van der Waals surface area (Å²) in [6.07, 6.45) is -1.57. The average Bonchev–Trinajstić information content (AvgIpc) is 3.09. The summed E-state index contributed by atoms with van der Waals surface area (Å²) in [4.78, 5) is 16.0. The monoisotopic (exact) mass is 349 g/mol. The van der Waals surface area contributed by atoms with Crippen molar-refractivity contribution in [3.8, 4) is 0 Å². The first-order chi connectivity index (χ1) is 11.8. The summed E-state index contributed by atoms with van der Waals surface area (Å²) in [6.45, 7) is 3.80. The molecule has 1 aliphatic rings. The summed E-state index contributed by atoms with van der Waals surface area (Å²) in [5, 5.41) is 5.78. The molecule has 25 heavy (non-hydrogen) atoms. The summed E-state index contributed by atoms with van der Waals surface area (Å²) in [7, 11) is 0. The zero-order valence-electron chi connectivity index (χ0n) is 13.7. The van der Waals surface area contributed by atoms with E-state index in [0.717, 1.165) is 42.9 Å². The van der Waals surface area contributed by atoms with Crippen LogP contribution in [-0.2, 0) is 6.18 Å². The van der Waals surface area contributed by atoms with Crippen molar-refractivity contribution in [1.82, 2.24) is 10.3 Å². The second-order valence-electron chi connectivity index (χ2n) is 6.18. The van der Waals surface area contributed by atoms with Crippen LogP contribution in [0.15, 0.2) is 36.7 Å². The molecule has 1 saturated heterocycles. The molecule has 3 rings (SSSR count). The van der Waals surface area contributed by atoms with Crippen LogP contribution in [0.3, 0.4) is 0 Å². The molecule has 1 fully saturated rings. The zero-order chi connectivity index (χ0) is 18.0. The van der Waals surface area contributed by atoms with Gasteiger partial charge in [0.2, 0.25) is 0 Å². The molecule has 2 heterocycles. The second kappa shape index (κ2) is 6.84. The second-order valence-corrected chi connectivity index (χ2v) is 6.18. The number of halogens is 3. The van der Waals surface area contributed by atoms with Crippen LogP contribution in [-0.4, -0.2) is 24.0 Å². The standard InChI is InChI=1S/C18H18F3N3O/c1-11-2-3-12(6-16(11)13-4-5-22-8-13)17(25)24-15-7-14(9-23-10-15)18(19,20)21/h2-3,6-7,9-10,13,22H,4-5,8H2,1H3,(H,24,25). The summed E-state index contributed by atoms with van der Waals surface area (Å²) >= 11 is 0. The van der Waals surface area contributed by atoms with Crippen molar-refractivity contribution in [3.05, 3.63) is 58.9 Å². The van der Waals surface area contributed by atoms with Gasteiger partial charge in [0.15, 0.2) is 0 Å². The molecular weight excluding hydrogens is 331 g/mol. The molecule has 0 bridgehead atoms. The molecular formula is C18H18F3N3O. The Hall–Kier alpha value is -2.41. The van der Waals surface area contributed by atoms with Crippen LogP contribution in [0.2, 0.25) is 0 Å². The third-order valence-corrected chi connectivity index (χ3v) is 4.37. The van der Waals surface area contributed by atoms with Crippen LogP contribution in [0.1, 0.15) is 39.4 Å². The van der Waals surface area contributed by atoms with E-state index in [4.69, 9.17) is 0 Å². The minimum absolute atomic E-state index is 0.0180. The van der Waals surface area contributed by atoms with Crippen LogP contribution in [0.25, 0.3) is 0 Å². The van der Waals surface area contributed by atoms with E-state index in [9.17, 15) is 18.0 Å². The Balaban J connectivity index is 1.81. The Morgan fingerprint density at radius 1 is 1.28 bits per heavy atom. The van der Waals surface area contributed by atoms with Crippen molar-refractivity contribution < 1.29 is 18.0 Å². The van der Waals surface area contributed by atoms with E-state index in [1.165, 1.54) is 6.20 Å². The minimum atomic E-state index is -4.50. The van der Waals surface area contributed by atoms with Crippen LogP contribution in [0, 0.1) is 6.92 Å². The number of pyridine rings is 1. The zero-order valence-corrected chi connectivity index (χ0v) is 13.7. The Morgan fingerprint density at radius 3 is 2.76 bits per heavy atom. The smallest absolute Gasteiger partial charge is 0.321 e. The lowest BCUT2D eigenvalue weighted by Crippen LogP contribution is -2.15. The maximum atomic E-state index is 12.7. The highest BCUT2D eigenvalue weighted by atomic mass is 19.4. The highest BCUT2D eigenvalue weighted by molar-refractivity contribution is 6.04. The van der Waals surface area contributed by atoms with Crippen LogP contribution in [0.5, 0.6) is 0 Å². The first kappa shape index (κ1) is 17.4. The van der Waals surface area contributed by atoms with Gasteiger partial charge in [0.05, 0.1) is 17.4 Å². The SMILES string of the molecule is Cc1ccc(C(=O)Nc2cncc(C(F)(F)F)c2)cc1C1CCNC1. The largest absolute Gasteiger partial charge is 0.417 e. The molecule has 0 aliphatic carbocycles. The van der Waals surface area contributed by atoms with E-state index >= 15 is 0 Å². The summed E-state index contributed by atoms with van der Waals surface area (Å²) in [6, 6.07) is 6.24. The molecule has 132 valence electrons. The number of carbonyl (C=O) groups excluding carboxylic acids is 1. The molecule has 0 saturated carbocycles. The van der Waals surface area contributed by atoms with Gasteiger partial charge in [0, 0.05) is 18.3 Å². The highest BCUT2D eigenvalue weighted by Crippen LogP contribution is 2.30. The van der Waals surface area contributed by atoms with E-state index in [1.54, 1.807) is 6.07 Å². The van der Waals surface area contributed by atoms with Crippen molar-refractivity contribution in [2.24, 2.45) is 0 Å². The van der Waals surface area contributed by atoms with Gasteiger partial charge in [-0.15, -0.1) is 0 Å². The Morgan fingerprint density at radius 2 is 2.08 bits per heavy atom. The first-order valence-corrected chi connectivity index (χ1v) is 7.99. The van der Waals surface area contributed by atoms with Gasteiger partial charge in [0.1, 0.15) is 0 Å². The van der Waals surface area contributed by atoms with Gasteiger partial charge < -0.3 is 10.6 Å². The first-order valence-electron chi connectivity index (χ1n) is 7.99. The lowest BCUT2D eigenvalue weighted by atomic mass is 9.92. The molecule has 0 radical (unpaired) electrons. The maximum absolute atomic E-state index is 12.7. The van der Waals surface area contributed by atoms with Crippen LogP contribution >= 0.6 is 0 Å². The van der Waals surface area contributed by atoms with Crippen molar-refractivity contribution >= 4 is 11.6 Å². The van der Waals surface area contributed by atoms with Gasteiger partial charge >= 0.3 is 6.18 Å². The maximum Gasteiger partial charge on any atom is 0.417 e. The predicted octanol–water partition coefficient (Wildman–Crippen LogP) is 3.74. The van der Waals surface area contributed by atoms with E-state index in [1.807, 2.05) is 19.1 Å². The van der Waals surface area contributed by atoms with Crippen LogP contribution < -0.4 is 10.6 Å². The number of aromatic nitrogens is 1. The van der Waals surface area contributed by atoms with Gasteiger partial charge in [-0.3, -0.25) is 9.78 Å². The van der Waals surface area contributed by atoms with Crippen molar-refractivity contribution in [2.75, 3.05) is 18.4 Å². The number of alkyl halides is 3. The predicted molar refractivity (Wildman–Crippen MR) is 88.6 cm³/mol. The van der Waals surface area contributed by atoms with E-state index < -0.39 is 17.6 Å². The molecule has 1 unspecified atom stereocenters. The number of hydrogen-bond acceptors (Lipinski definition) is 3. The number of aryl methyl sites for hydroxylation is 1. The molecule has 1 amide bonds. The molecule has 2 N–H and O–H groups in total. The number of rotatable bonds is 3. The third kappa shape index (κ3) is 3.99. The fourth-order valence-corrected chi connectivity index (χ4v) is 3.01. The summed E-state index contributed by atoms with van der Waals surface area (Å²) in [5.74, 6) is -0.101. The summed E-state index contributed by atoms with van der Waals surface area (Å²) < 4.78 is 38.2. The molecule has 1 atom stereocenters. The number of nitrogens with zero attached hydrogens (tertiary/aromatic N) is 1. The number of benzene rings is 1. The molecule has 1 aromatic heterocycles. The van der Waals surface area contributed by atoms with E-state index in [0.29, 0.717) is 11.5 Å². The van der Waals surface area contributed by atoms with Gasteiger partial charge in [-0.2, -0.15) is 13.2 Å². The van der Waals surface area contributed by atoms with E-state index in [-0.39, 0.29) is 5.69 Å². The Bertz CT molecular complexity index is 783. The minimum Gasteiger partial charge on any atom is -0.321 e. The fourth-order valence-electron chi connectivity index (χ4n) is 3.01. The quantitative estimate of drug-likeness (QED) is 0.888. The fraction of sp³-hybridized carbons (Fsp3) is 0.333. The number of hydrogen-bond donors (Lipinski definition) is 2. The normalized spacial score (nSPS) is 17.5. The third-order valence-electron chi connectivity index (χ3n) is 4.37. The topological polar surface area (TPSA) is 54.0 Å². The number of amides is 1. The van der Waals surface area contributed by atoms with Crippen molar-refractivity contribution in [3.63, 3.8) is 0 Å². The Labute approximate surface area is 143 Å². The van der Waals surface area contributed by atoms with Crippen molar-refractivity contribution in [1.29, 1.82) is 0 Å². The van der Waals surface area contributed by atoms with E-state index in [2.05, 4.69) is 15.6 Å². The summed E-state index contributed by atoms with van der Waals surface area (Å²) in [5.41, 5.74) is 1.74. The molecule has 4 nitrogen and oxygen atoms in total. The van der Waals surface area contributed by atoms with Crippen LogP contribution in [0.4, 0.5) is 18.9 Å². The average molecular weight is 349 g/mol. The van der Waals surface area contributed by atoms with Gasteiger partial charge in [0.25, 0.3) is 5.91 Å². The van der Waals surface area contributed by atoms with Gasteiger partial charge in [-0.1, -0.05) is 6.07 Å². The van der Waals surface area contributed by atoms with Gasteiger partial charge in [-0.05, 0) is 55.1 Å². The lowest BCUT2D eigenvalue weighted by Gasteiger charge is -2.14. The highest BCUT2D eigenvalue weighted by Gasteiger charge is 2.31. The van der Waals surface area contributed by atoms with Gasteiger partial charge in [-0.25, -0.2) is 0 Å².